The smallest absolute Gasteiger partial charge is 0.137 e. The van der Waals surface area contributed by atoms with E-state index in [1.165, 1.54) is 25.3 Å². The molecule has 3 heteroatoms. The molecule has 0 nitrogen and oxygen atoms in total. The van der Waals surface area contributed by atoms with E-state index in [1.807, 2.05) is 12.1 Å². The molecule has 1 fully saturated rings. The summed E-state index contributed by atoms with van der Waals surface area (Å²) < 4.78 is 13.8. The van der Waals surface area contributed by atoms with Gasteiger partial charge >= 0.3 is 0 Å². The van der Waals surface area contributed by atoms with Gasteiger partial charge in [0.2, 0.25) is 0 Å². The van der Waals surface area contributed by atoms with Crippen LogP contribution in [-0.2, 0) is 0 Å². The third kappa shape index (κ3) is 2.91. The van der Waals surface area contributed by atoms with Crippen molar-refractivity contribution in [3.05, 3.63) is 34.1 Å². The lowest BCUT2D eigenvalue weighted by molar-refractivity contribution is 0.133. The van der Waals surface area contributed by atoms with Gasteiger partial charge < -0.3 is 0 Å². The van der Waals surface area contributed by atoms with Gasteiger partial charge in [-0.25, -0.2) is 4.39 Å². The number of hydrogen-bond acceptors (Lipinski definition) is 0. The second-order valence-electron chi connectivity index (χ2n) is 5.92. The van der Waals surface area contributed by atoms with Gasteiger partial charge in [0.25, 0.3) is 0 Å². The summed E-state index contributed by atoms with van der Waals surface area (Å²) in [5.41, 5.74) is 1.29. The molecule has 0 bridgehead atoms. The standard InChI is InChI=1S/C15H19BrClF/c1-15(2)8-4-3-5-11(15)14(17)10-6-7-13(18)12(16)9-10/h6-7,9,11,14H,3-5,8H2,1-2H3. The first-order valence-electron chi connectivity index (χ1n) is 6.51. The van der Waals surface area contributed by atoms with Gasteiger partial charge in [-0.1, -0.05) is 32.8 Å². The van der Waals surface area contributed by atoms with Crippen LogP contribution in [-0.4, -0.2) is 0 Å². The number of benzene rings is 1. The van der Waals surface area contributed by atoms with Crippen LogP contribution in [0.2, 0.25) is 0 Å². The molecule has 0 saturated heterocycles. The van der Waals surface area contributed by atoms with E-state index in [0.717, 1.165) is 12.0 Å². The van der Waals surface area contributed by atoms with Gasteiger partial charge in [-0.05, 0) is 57.8 Å². The van der Waals surface area contributed by atoms with Crippen LogP contribution < -0.4 is 0 Å². The topological polar surface area (TPSA) is 0 Å². The second-order valence-corrected chi connectivity index (χ2v) is 7.24. The lowest BCUT2D eigenvalue weighted by Gasteiger charge is -2.41. The monoisotopic (exact) mass is 332 g/mol. The largest absolute Gasteiger partial charge is 0.206 e. The highest BCUT2D eigenvalue weighted by Gasteiger charge is 2.37. The first-order chi connectivity index (χ1) is 8.42. The van der Waals surface area contributed by atoms with Gasteiger partial charge in [0.15, 0.2) is 0 Å². The Morgan fingerprint density at radius 3 is 2.72 bits per heavy atom. The zero-order chi connectivity index (χ0) is 13.3. The number of hydrogen-bond donors (Lipinski definition) is 0. The Labute approximate surface area is 122 Å². The number of rotatable bonds is 2. The number of halogens is 3. The molecule has 1 aromatic rings. The van der Waals surface area contributed by atoms with Gasteiger partial charge in [0, 0.05) is 0 Å². The van der Waals surface area contributed by atoms with Crippen molar-refractivity contribution in [3.8, 4) is 0 Å². The minimum Gasteiger partial charge on any atom is -0.206 e. The third-order valence-corrected chi connectivity index (χ3v) is 5.37. The summed E-state index contributed by atoms with van der Waals surface area (Å²) in [7, 11) is 0. The Bertz CT molecular complexity index is 431. The van der Waals surface area contributed by atoms with Crippen molar-refractivity contribution in [1.82, 2.24) is 0 Å². The Morgan fingerprint density at radius 1 is 1.39 bits per heavy atom. The molecule has 1 aromatic carbocycles. The van der Waals surface area contributed by atoms with Crippen LogP contribution in [0.15, 0.2) is 22.7 Å². The molecule has 2 rings (SSSR count). The molecule has 1 aliphatic rings. The fourth-order valence-corrected chi connectivity index (χ4v) is 3.98. The predicted molar refractivity (Wildman–Crippen MR) is 78.4 cm³/mol. The summed E-state index contributed by atoms with van der Waals surface area (Å²) >= 11 is 9.88. The molecular weight excluding hydrogens is 315 g/mol. The molecule has 1 saturated carbocycles. The average molecular weight is 334 g/mol. The van der Waals surface area contributed by atoms with E-state index >= 15 is 0 Å². The molecule has 0 heterocycles. The molecule has 0 N–H and O–H groups in total. The molecule has 100 valence electrons. The van der Waals surface area contributed by atoms with Crippen molar-refractivity contribution < 1.29 is 4.39 Å². The van der Waals surface area contributed by atoms with Crippen molar-refractivity contribution in [2.75, 3.05) is 0 Å². The lowest BCUT2D eigenvalue weighted by Crippen LogP contribution is -2.30. The first kappa shape index (κ1) is 14.3. The SMILES string of the molecule is CC1(C)CCCCC1C(Cl)c1ccc(F)c(Br)c1. The zero-order valence-electron chi connectivity index (χ0n) is 10.8. The van der Waals surface area contributed by atoms with Crippen LogP contribution in [0.3, 0.4) is 0 Å². The Balaban J connectivity index is 2.24. The molecule has 2 atom stereocenters. The van der Waals surface area contributed by atoms with E-state index in [9.17, 15) is 4.39 Å². The van der Waals surface area contributed by atoms with E-state index in [0.29, 0.717) is 10.4 Å². The minimum atomic E-state index is -0.231. The maximum Gasteiger partial charge on any atom is 0.137 e. The highest BCUT2D eigenvalue weighted by molar-refractivity contribution is 9.10. The highest BCUT2D eigenvalue weighted by Crippen LogP contribution is 2.49. The Hall–Kier alpha value is -0.0800. The van der Waals surface area contributed by atoms with Crippen LogP contribution in [0, 0.1) is 17.2 Å². The van der Waals surface area contributed by atoms with Crippen LogP contribution >= 0.6 is 27.5 Å². The molecule has 2 unspecified atom stereocenters. The summed E-state index contributed by atoms with van der Waals surface area (Å²) in [6, 6.07) is 5.12. The van der Waals surface area contributed by atoms with E-state index in [4.69, 9.17) is 11.6 Å². The maximum absolute atomic E-state index is 13.3. The fourth-order valence-electron chi connectivity index (χ4n) is 2.98. The van der Waals surface area contributed by atoms with E-state index in [-0.39, 0.29) is 16.6 Å². The molecule has 1 aliphatic carbocycles. The van der Waals surface area contributed by atoms with Gasteiger partial charge in [0.1, 0.15) is 5.82 Å². The van der Waals surface area contributed by atoms with Crippen molar-refractivity contribution >= 4 is 27.5 Å². The number of alkyl halides is 1. The maximum atomic E-state index is 13.3. The van der Waals surface area contributed by atoms with Crippen LogP contribution in [0.25, 0.3) is 0 Å². The van der Waals surface area contributed by atoms with Crippen LogP contribution in [0.5, 0.6) is 0 Å². The van der Waals surface area contributed by atoms with E-state index in [1.54, 1.807) is 0 Å². The first-order valence-corrected chi connectivity index (χ1v) is 7.74. The van der Waals surface area contributed by atoms with Crippen molar-refractivity contribution in [2.45, 2.75) is 44.9 Å². The Morgan fingerprint density at radius 2 is 2.11 bits per heavy atom. The normalized spacial score (nSPS) is 24.8. The summed E-state index contributed by atoms with van der Waals surface area (Å²) in [6.07, 6.45) is 4.93. The third-order valence-electron chi connectivity index (χ3n) is 4.21. The molecule has 0 aromatic heterocycles. The van der Waals surface area contributed by atoms with Gasteiger partial charge in [-0.3, -0.25) is 0 Å². The summed E-state index contributed by atoms with van der Waals surface area (Å²) in [5, 5.41) is -0.0304. The molecular formula is C15H19BrClF. The molecule has 0 spiro atoms. The molecule has 18 heavy (non-hydrogen) atoms. The van der Waals surface area contributed by atoms with Crippen molar-refractivity contribution in [1.29, 1.82) is 0 Å². The summed E-state index contributed by atoms with van der Waals surface area (Å²) in [5.74, 6) is 0.232. The van der Waals surface area contributed by atoms with Crippen LogP contribution in [0.4, 0.5) is 4.39 Å². The fraction of sp³-hybridized carbons (Fsp3) is 0.600. The summed E-state index contributed by atoms with van der Waals surface area (Å²) in [4.78, 5) is 0. The molecule has 0 aliphatic heterocycles. The van der Waals surface area contributed by atoms with Gasteiger partial charge in [0.05, 0.1) is 9.85 Å². The quantitative estimate of drug-likeness (QED) is 0.575. The zero-order valence-corrected chi connectivity index (χ0v) is 13.2. The van der Waals surface area contributed by atoms with E-state index < -0.39 is 0 Å². The van der Waals surface area contributed by atoms with Gasteiger partial charge in [-0.2, -0.15) is 0 Å². The Kier molecular flexibility index (Phi) is 4.38. The molecule has 0 radical (unpaired) electrons. The second kappa shape index (κ2) is 5.50. The molecule has 0 amide bonds. The van der Waals surface area contributed by atoms with E-state index in [2.05, 4.69) is 29.8 Å². The van der Waals surface area contributed by atoms with Crippen LogP contribution in [0.1, 0.15) is 50.5 Å². The average Bonchev–Trinajstić information content (AvgIpc) is 2.31. The highest BCUT2D eigenvalue weighted by atomic mass is 79.9. The van der Waals surface area contributed by atoms with Gasteiger partial charge in [-0.15, -0.1) is 11.6 Å². The van der Waals surface area contributed by atoms with Crippen molar-refractivity contribution in [2.24, 2.45) is 11.3 Å². The summed E-state index contributed by atoms with van der Waals surface area (Å²) in [6.45, 7) is 4.59. The minimum absolute atomic E-state index is 0.0304. The lowest BCUT2D eigenvalue weighted by atomic mass is 9.66. The predicted octanol–water partition coefficient (Wildman–Crippen LogP) is 6.08. The van der Waals surface area contributed by atoms with Crippen molar-refractivity contribution in [3.63, 3.8) is 0 Å².